The highest BCUT2D eigenvalue weighted by molar-refractivity contribution is 7.90. The quantitative estimate of drug-likeness (QED) is 0.343. The Morgan fingerprint density at radius 3 is 2.48 bits per heavy atom. The highest BCUT2D eigenvalue weighted by atomic mass is 35.5. The number of sulfonamides is 1. The number of amides is 1. The van der Waals surface area contributed by atoms with Crippen LogP contribution in [0.15, 0.2) is 48.6 Å². The van der Waals surface area contributed by atoms with Gasteiger partial charge in [0.1, 0.15) is 18.0 Å². The zero-order valence-corrected chi connectivity index (χ0v) is 32.9. The first-order valence-corrected chi connectivity index (χ1v) is 21.1. The normalized spacial score (nSPS) is 32.7. The Balaban J connectivity index is 1.25. The largest absolute Gasteiger partial charge is 0.487 e. The van der Waals surface area contributed by atoms with Crippen molar-refractivity contribution in [1.82, 2.24) is 14.5 Å². The van der Waals surface area contributed by atoms with Gasteiger partial charge in [-0.1, -0.05) is 36.7 Å². The predicted octanol–water partition coefficient (Wildman–Crippen LogP) is 6.70. The Morgan fingerprint density at radius 1 is 1.02 bits per heavy atom. The summed E-state index contributed by atoms with van der Waals surface area (Å²) in [6.45, 7) is 6.44. The van der Waals surface area contributed by atoms with Crippen LogP contribution in [0.4, 0.5) is 18.9 Å². The lowest BCUT2D eigenvalue weighted by Gasteiger charge is -2.52. The fourth-order valence-electron chi connectivity index (χ4n) is 9.43. The molecule has 2 saturated carbocycles. The molecule has 1 amide bonds. The number of fused-ring (bicyclic) bond motifs is 2. The van der Waals surface area contributed by atoms with Crippen LogP contribution in [-0.4, -0.2) is 101 Å². The van der Waals surface area contributed by atoms with Crippen molar-refractivity contribution >= 4 is 33.2 Å². The number of anilines is 1. The number of piperazine rings is 1. The average molecular weight is 793 g/mol. The molecule has 3 aliphatic heterocycles. The standard InChI is InChI=1S/C40H52ClF3N4O5S/c1-27-7-6-13-39(52-3,25-46-15-17-47(18-16-46)26-40(42,43)44)36-21-32-22-38(32,36)24-48-14-5-4-8-29-19-33(41)11-9-31(29)23-53-35-12-10-30(20-34(35)48)37(49)45-54(50,51)28(27)2/h6,9-13,19-20,27-28,32,36H,4-5,7-8,14-18,21-26H2,1-3H3,(H,45,49)/b13-6-/t27-,28+,32?,36+,38?,39-/m0/s1. The van der Waals surface area contributed by atoms with Crippen molar-refractivity contribution in [3.8, 4) is 5.75 Å². The number of ether oxygens (including phenoxy) is 2. The van der Waals surface area contributed by atoms with Crippen molar-refractivity contribution in [2.24, 2.45) is 23.2 Å². The Bertz CT molecular complexity index is 1850. The highest BCUT2D eigenvalue weighted by Crippen LogP contribution is 2.74. The summed E-state index contributed by atoms with van der Waals surface area (Å²) in [6, 6.07) is 11.0. The van der Waals surface area contributed by atoms with Crippen molar-refractivity contribution in [1.29, 1.82) is 0 Å². The average Bonchev–Trinajstić information content (AvgIpc) is 3.68. The van der Waals surface area contributed by atoms with Gasteiger partial charge in [-0.25, -0.2) is 13.1 Å². The van der Waals surface area contributed by atoms with Crippen molar-refractivity contribution in [2.45, 2.75) is 76.0 Å². The van der Waals surface area contributed by atoms with Gasteiger partial charge < -0.3 is 14.4 Å². The summed E-state index contributed by atoms with van der Waals surface area (Å²) in [6.07, 6.45) is 4.95. The molecule has 2 aromatic rings. The summed E-state index contributed by atoms with van der Waals surface area (Å²) in [5.41, 5.74) is 2.36. The lowest BCUT2D eigenvalue weighted by molar-refractivity contribution is -0.151. The fourth-order valence-corrected chi connectivity index (χ4v) is 10.9. The smallest absolute Gasteiger partial charge is 0.401 e. The van der Waals surface area contributed by atoms with Gasteiger partial charge in [0.05, 0.1) is 17.5 Å². The van der Waals surface area contributed by atoms with Crippen LogP contribution >= 0.6 is 11.6 Å². The van der Waals surface area contributed by atoms with E-state index in [2.05, 4.69) is 20.6 Å². The van der Waals surface area contributed by atoms with E-state index in [-0.39, 0.29) is 22.8 Å². The second kappa shape index (κ2) is 15.2. The van der Waals surface area contributed by atoms with Gasteiger partial charge in [-0.05, 0) is 104 Å². The monoisotopic (exact) mass is 792 g/mol. The molecule has 0 aromatic heterocycles. The molecule has 296 valence electrons. The zero-order valence-electron chi connectivity index (χ0n) is 31.3. The van der Waals surface area contributed by atoms with E-state index in [1.54, 1.807) is 32.2 Å². The van der Waals surface area contributed by atoms with Crippen LogP contribution in [0.3, 0.4) is 0 Å². The van der Waals surface area contributed by atoms with Crippen LogP contribution in [0.5, 0.6) is 5.75 Å². The first kappa shape index (κ1) is 39.4. The van der Waals surface area contributed by atoms with E-state index in [4.69, 9.17) is 21.1 Å². The molecule has 54 heavy (non-hydrogen) atoms. The molecule has 2 unspecified atom stereocenters. The maximum atomic E-state index is 13.6. The predicted molar refractivity (Wildman–Crippen MR) is 203 cm³/mol. The summed E-state index contributed by atoms with van der Waals surface area (Å²) in [7, 11) is -2.31. The second-order valence-corrected chi connectivity index (χ2v) is 18.8. The van der Waals surface area contributed by atoms with Gasteiger partial charge in [-0.3, -0.25) is 14.6 Å². The van der Waals surface area contributed by atoms with E-state index in [0.29, 0.717) is 75.5 Å². The third-order valence-corrected chi connectivity index (χ3v) is 15.1. The number of allylic oxidation sites excluding steroid dienone is 1. The maximum Gasteiger partial charge on any atom is 0.401 e. The number of methoxy groups -OCH3 is 1. The van der Waals surface area contributed by atoms with E-state index >= 15 is 0 Å². The number of benzene rings is 2. The topological polar surface area (TPSA) is 91.4 Å². The molecular formula is C40H52ClF3N4O5S. The fraction of sp³-hybridized carbons (Fsp3) is 0.625. The molecule has 1 spiro atoms. The Hall–Kier alpha value is -2.84. The van der Waals surface area contributed by atoms with Gasteiger partial charge >= 0.3 is 6.18 Å². The molecule has 9 nitrogen and oxygen atoms in total. The molecule has 1 saturated heterocycles. The van der Waals surface area contributed by atoms with E-state index in [1.807, 2.05) is 31.2 Å². The van der Waals surface area contributed by atoms with Crippen molar-refractivity contribution in [3.05, 3.63) is 70.3 Å². The molecule has 2 bridgehead atoms. The summed E-state index contributed by atoms with van der Waals surface area (Å²) in [5, 5.41) is -0.188. The number of carbonyl (C=O) groups excluding carboxylic acids is 1. The number of hydrogen-bond donors (Lipinski definition) is 1. The molecule has 1 N–H and O–H groups in total. The number of aryl methyl sites for hydroxylation is 1. The lowest BCUT2D eigenvalue weighted by atomic mass is 9.63. The van der Waals surface area contributed by atoms with E-state index in [9.17, 15) is 26.4 Å². The van der Waals surface area contributed by atoms with Crippen LogP contribution in [0.2, 0.25) is 5.02 Å². The van der Waals surface area contributed by atoms with Crippen LogP contribution in [0.1, 0.15) is 67.4 Å². The molecule has 7 rings (SSSR count). The molecule has 0 radical (unpaired) electrons. The Morgan fingerprint density at radius 2 is 1.78 bits per heavy atom. The van der Waals surface area contributed by atoms with Gasteiger partial charge in [-0.2, -0.15) is 13.2 Å². The number of nitrogens with one attached hydrogen (secondary N) is 1. The minimum Gasteiger partial charge on any atom is -0.487 e. The number of rotatable bonds is 4. The van der Waals surface area contributed by atoms with Crippen LogP contribution in [0.25, 0.3) is 0 Å². The zero-order chi connectivity index (χ0) is 38.5. The van der Waals surface area contributed by atoms with Gasteiger partial charge in [0.15, 0.2) is 0 Å². The summed E-state index contributed by atoms with van der Waals surface area (Å²) in [4.78, 5) is 19.6. The first-order chi connectivity index (χ1) is 25.6. The summed E-state index contributed by atoms with van der Waals surface area (Å²) in [5.74, 6) is 0.232. The Labute approximate surface area is 322 Å². The molecule has 2 aromatic carbocycles. The minimum atomic E-state index is -4.24. The molecule has 14 heteroatoms. The lowest BCUT2D eigenvalue weighted by Crippen LogP contribution is -2.59. The van der Waals surface area contributed by atoms with Crippen LogP contribution in [-0.2, 0) is 27.8 Å². The van der Waals surface area contributed by atoms with Gasteiger partial charge in [0.25, 0.3) is 5.91 Å². The molecule has 5 aliphatic rings. The van der Waals surface area contributed by atoms with E-state index < -0.39 is 39.5 Å². The molecular weight excluding hydrogens is 741 g/mol. The van der Waals surface area contributed by atoms with E-state index in [1.165, 1.54) is 4.90 Å². The van der Waals surface area contributed by atoms with Crippen molar-refractivity contribution < 1.29 is 35.9 Å². The van der Waals surface area contributed by atoms with Crippen molar-refractivity contribution in [3.63, 3.8) is 0 Å². The third-order valence-electron chi connectivity index (χ3n) is 13.0. The minimum absolute atomic E-state index is 0.0794. The van der Waals surface area contributed by atoms with E-state index in [0.717, 1.165) is 48.9 Å². The summed E-state index contributed by atoms with van der Waals surface area (Å²) >= 11 is 6.39. The SMILES string of the molecule is CO[C@]1(CN2CCN(CC(F)(F)F)CC2)/C=C\C[C@H](C)[C@@H](C)S(=O)(=O)NC(=O)c2ccc3c(c2)N(CCCCc2cc(Cl)ccc2CO3)CC23CC2C[C@H]31. The highest BCUT2D eigenvalue weighted by Gasteiger charge is 2.72. The van der Waals surface area contributed by atoms with Gasteiger partial charge in [-0.15, -0.1) is 0 Å². The van der Waals surface area contributed by atoms with Crippen LogP contribution in [0, 0.1) is 23.2 Å². The molecule has 3 fully saturated rings. The second-order valence-electron chi connectivity index (χ2n) is 16.3. The number of hydrogen-bond acceptors (Lipinski definition) is 8. The molecule has 2 aliphatic carbocycles. The molecule has 3 heterocycles. The number of alkyl halides is 3. The maximum absolute atomic E-state index is 13.6. The third kappa shape index (κ3) is 8.17. The van der Waals surface area contributed by atoms with Crippen LogP contribution < -0.4 is 14.4 Å². The number of carbonyl (C=O) groups is 1. The number of halogens is 4. The number of nitrogens with zero attached hydrogens (tertiary/aromatic N) is 3. The van der Waals surface area contributed by atoms with Crippen molar-refractivity contribution in [2.75, 3.05) is 64.4 Å². The summed E-state index contributed by atoms with van der Waals surface area (Å²) < 4.78 is 82.2. The van der Waals surface area contributed by atoms with Gasteiger partial charge in [0, 0.05) is 69.4 Å². The van der Waals surface area contributed by atoms with Gasteiger partial charge in [0.2, 0.25) is 10.0 Å². The first-order valence-electron chi connectivity index (χ1n) is 19.2. The Kier molecular flexibility index (Phi) is 11.1. The molecule has 6 atom stereocenters.